The molecule has 4 bridgehead atoms. The number of piperidine rings is 1. The summed E-state index contributed by atoms with van der Waals surface area (Å²) in [4.78, 5) is 15.3. The lowest BCUT2D eigenvalue weighted by atomic mass is 9.49. The van der Waals surface area contributed by atoms with Gasteiger partial charge in [0.15, 0.2) is 0 Å². The average Bonchev–Trinajstić information content (AvgIpc) is 2.45. The predicted octanol–water partition coefficient (Wildman–Crippen LogP) is 3.01. The molecule has 0 aromatic heterocycles. The Morgan fingerprint density at radius 2 is 1.57 bits per heavy atom. The summed E-state index contributed by atoms with van der Waals surface area (Å²) < 4.78 is 0. The van der Waals surface area contributed by atoms with E-state index in [4.69, 9.17) is 0 Å². The summed E-state index contributed by atoms with van der Waals surface area (Å²) in [5.74, 6) is 3.83. The molecule has 1 aliphatic heterocycles. The van der Waals surface area contributed by atoms with Crippen molar-refractivity contribution in [3.05, 3.63) is 0 Å². The van der Waals surface area contributed by atoms with Crippen LogP contribution in [-0.2, 0) is 4.79 Å². The van der Waals surface area contributed by atoms with E-state index >= 15 is 0 Å². The molecule has 118 valence electrons. The molecule has 0 spiro atoms. The molecule has 5 fully saturated rings. The Balaban J connectivity index is 1.35. The number of amides is 1. The van der Waals surface area contributed by atoms with Crippen LogP contribution in [0.2, 0.25) is 0 Å². The number of likely N-dealkylation sites (tertiary alicyclic amines) is 1. The average molecular weight is 290 g/mol. The summed E-state index contributed by atoms with van der Waals surface area (Å²) in [6.07, 6.45) is 10.4. The second kappa shape index (κ2) is 5.26. The van der Waals surface area contributed by atoms with Crippen molar-refractivity contribution in [2.24, 2.45) is 29.1 Å². The zero-order valence-electron chi connectivity index (χ0n) is 13.4. The highest BCUT2D eigenvalue weighted by molar-refractivity contribution is 5.83. The minimum atomic E-state index is 0.0256. The quantitative estimate of drug-likeness (QED) is 0.866. The Hall–Kier alpha value is -0.570. The molecule has 3 nitrogen and oxygen atoms in total. The van der Waals surface area contributed by atoms with E-state index in [0.29, 0.717) is 5.91 Å². The first-order chi connectivity index (χ1) is 10.1. The lowest BCUT2D eigenvalue weighted by Crippen LogP contribution is -2.55. The van der Waals surface area contributed by atoms with Crippen LogP contribution in [0.1, 0.15) is 58.3 Å². The van der Waals surface area contributed by atoms with Crippen LogP contribution in [0.25, 0.3) is 0 Å². The molecule has 5 aliphatic rings. The third-order valence-corrected chi connectivity index (χ3v) is 6.86. The number of nitrogens with one attached hydrogen (secondary N) is 1. The standard InChI is InChI=1S/C18H30N2O/c1-13-2-4-20(5-3-13)12-19-17(21)18-9-14-6-15(10-18)8-16(7-14)11-18/h13-16H,2-12H2,1H3,(H,19,21). The van der Waals surface area contributed by atoms with Gasteiger partial charge in [-0.1, -0.05) is 6.92 Å². The fraction of sp³-hybridized carbons (Fsp3) is 0.944. The van der Waals surface area contributed by atoms with Crippen LogP contribution in [0.15, 0.2) is 0 Å². The molecule has 3 heteroatoms. The maximum atomic E-state index is 12.9. The van der Waals surface area contributed by atoms with E-state index < -0.39 is 0 Å². The van der Waals surface area contributed by atoms with Gasteiger partial charge in [-0.15, -0.1) is 0 Å². The molecule has 0 radical (unpaired) electrons. The second-order valence-electron chi connectivity index (χ2n) is 8.66. The van der Waals surface area contributed by atoms with E-state index in [0.717, 1.165) is 43.4 Å². The van der Waals surface area contributed by atoms with Gasteiger partial charge in [0.2, 0.25) is 5.91 Å². The minimum Gasteiger partial charge on any atom is -0.343 e. The lowest BCUT2D eigenvalue weighted by molar-refractivity contribution is -0.147. The zero-order valence-corrected chi connectivity index (χ0v) is 13.4. The number of nitrogens with zero attached hydrogens (tertiary/aromatic N) is 1. The molecule has 4 aliphatic carbocycles. The predicted molar refractivity (Wildman–Crippen MR) is 83.6 cm³/mol. The molecule has 21 heavy (non-hydrogen) atoms. The third kappa shape index (κ3) is 2.62. The van der Waals surface area contributed by atoms with Gasteiger partial charge in [-0.3, -0.25) is 9.69 Å². The third-order valence-electron chi connectivity index (χ3n) is 6.86. The van der Waals surface area contributed by atoms with E-state index in [1.54, 1.807) is 0 Å². The number of carbonyl (C=O) groups excluding carboxylic acids is 1. The summed E-state index contributed by atoms with van der Waals surface area (Å²) in [6.45, 7) is 5.43. The number of hydrogen-bond acceptors (Lipinski definition) is 2. The molecule has 0 unspecified atom stereocenters. The topological polar surface area (TPSA) is 32.3 Å². The summed E-state index contributed by atoms with van der Waals surface area (Å²) in [5.41, 5.74) is 0.0256. The first kappa shape index (κ1) is 14.0. The van der Waals surface area contributed by atoms with Crippen molar-refractivity contribution in [3.8, 4) is 0 Å². The summed E-state index contributed by atoms with van der Waals surface area (Å²) in [6, 6.07) is 0. The molecular formula is C18H30N2O. The van der Waals surface area contributed by atoms with Gasteiger partial charge >= 0.3 is 0 Å². The van der Waals surface area contributed by atoms with Crippen molar-refractivity contribution in [3.63, 3.8) is 0 Å². The molecule has 1 N–H and O–H groups in total. The molecule has 0 atom stereocenters. The second-order valence-corrected chi connectivity index (χ2v) is 8.66. The van der Waals surface area contributed by atoms with Crippen molar-refractivity contribution in [1.82, 2.24) is 10.2 Å². The number of hydrogen-bond donors (Lipinski definition) is 1. The highest BCUT2D eigenvalue weighted by atomic mass is 16.2. The van der Waals surface area contributed by atoms with E-state index in [1.807, 2.05) is 0 Å². The van der Waals surface area contributed by atoms with Gasteiger partial charge in [0.1, 0.15) is 0 Å². The van der Waals surface area contributed by atoms with Gasteiger partial charge in [0.05, 0.1) is 12.1 Å². The summed E-state index contributed by atoms with van der Waals surface area (Å²) >= 11 is 0. The van der Waals surface area contributed by atoms with Crippen LogP contribution in [0.4, 0.5) is 0 Å². The Bertz CT molecular complexity index is 376. The first-order valence-electron chi connectivity index (χ1n) is 9.14. The van der Waals surface area contributed by atoms with Crippen molar-refractivity contribution < 1.29 is 4.79 Å². The highest BCUT2D eigenvalue weighted by Gasteiger charge is 2.54. The molecule has 1 amide bonds. The van der Waals surface area contributed by atoms with Crippen LogP contribution in [0.3, 0.4) is 0 Å². The van der Waals surface area contributed by atoms with E-state index in [9.17, 15) is 4.79 Å². The molecule has 0 aromatic rings. The largest absolute Gasteiger partial charge is 0.343 e. The fourth-order valence-corrected chi connectivity index (χ4v) is 5.98. The SMILES string of the molecule is CC1CCN(CNC(=O)C23CC4CC(CC(C4)C2)C3)CC1. The van der Waals surface area contributed by atoms with Gasteiger partial charge in [-0.25, -0.2) is 0 Å². The Kier molecular flexibility index (Phi) is 3.52. The van der Waals surface area contributed by atoms with Gasteiger partial charge in [0.25, 0.3) is 0 Å². The molecule has 5 rings (SSSR count). The Labute approximate surface area is 128 Å². The van der Waals surface area contributed by atoms with E-state index in [2.05, 4.69) is 17.1 Å². The Morgan fingerprint density at radius 3 is 2.10 bits per heavy atom. The van der Waals surface area contributed by atoms with Crippen molar-refractivity contribution in [1.29, 1.82) is 0 Å². The van der Waals surface area contributed by atoms with Crippen LogP contribution in [0.5, 0.6) is 0 Å². The first-order valence-corrected chi connectivity index (χ1v) is 9.14. The Morgan fingerprint density at radius 1 is 1.05 bits per heavy atom. The maximum Gasteiger partial charge on any atom is 0.227 e. The van der Waals surface area contributed by atoms with Crippen LogP contribution < -0.4 is 5.32 Å². The molecule has 0 aromatic carbocycles. The summed E-state index contributed by atoms with van der Waals surface area (Å²) in [7, 11) is 0. The van der Waals surface area contributed by atoms with Crippen LogP contribution in [-0.4, -0.2) is 30.6 Å². The van der Waals surface area contributed by atoms with Gasteiger partial charge in [-0.2, -0.15) is 0 Å². The van der Waals surface area contributed by atoms with Crippen molar-refractivity contribution in [2.45, 2.75) is 58.3 Å². The molecule has 1 saturated heterocycles. The van der Waals surface area contributed by atoms with Crippen LogP contribution in [0, 0.1) is 29.1 Å². The van der Waals surface area contributed by atoms with Crippen molar-refractivity contribution >= 4 is 5.91 Å². The maximum absolute atomic E-state index is 12.9. The number of carbonyl (C=O) groups is 1. The van der Waals surface area contributed by atoms with Crippen LogP contribution >= 0.6 is 0 Å². The smallest absolute Gasteiger partial charge is 0.227 e. The normalized spacial score (nSPS) is 43.2. The molecular weight excluding hydrogens is 260 g/mol. The minimum absolute atomic E-state index is 0.0256. The van der Waals surface area contributed by atoms with E-state index in [-0.39, 0.29) is 5.41 Å². The zero-order chi connectivity index (χ0) is 14.4. The van der Waals surface area contributed by atoms with Crippen molar-refractivity contribution in [2.75, 3.05) is 19.8 Å². The van der Waals surface area contributed by atoms with Gasteiger partial charge in [-0.05, 0) is 75.0 Å². The van der Waals surface area contributed by atoms with Gasteiger partial charge in [0, 0.05) is 13.1 Å². The lowest BCUT2D eigenvalue weighted by Gasteiger charge is -2.55. The van der Waals surface area contributed by atoms with E-state index in [1.165, 1.54) is 51.4 Å². The number of rotatable bonds is 3. The van der Waals surface area contributed by atoms with Gasteiger partial charge < -0.3 is 5.32 Å². The molecule has 1 heterocycles. The monoisotopic (exact) mass is 290 g/mol. The summed E-state index contributed by atoms with van der Waals surface area (Å²) in [5, 5.41) is 3.31. The highest BCUT2D eigenvalue weighted by Crippen LogP contribution is 2.60. The molecule has 4 saturated carbocycles. The fourth-order valence-electron chi connectivity index (χ4n) is 5.98.